The molecule has 2 heterocycles. The molecule has 0 atom stereocenters. The van der Waals surface area contributed by atoms with Gasteiger partial charge in [-0.2, -0.15) is 0 Å². The molecule has 0 saturated carbocycles. The van der Waals surface area contributed by atoms with Gasteiger partial charge < -0.3 is 0 Å². The van der Waals surface area contributed by atoms with Crippen LogP contribution in [-0.4, -0.2) is 44.2 Å². The molecule has 2 aliphatic rings. The Balaban J connectivity index is 2.27. The molecule has 2 saturated heterocycles. The number of nitrogens with zero attached hydrogens (tertiary/aromatic N) is 1. The number of hydrogen-bond acceptors (Lipinski definition) is 5. The van der Waals surface area contributed by atoms with Crippen LogP contribution in [0.1, 0.15) is 13.8 Å². The quantitative estimate of drug-likeness (QED) is 0.676. The van der Waals surface area contributed by atoms with Gasteiger partial charge in [-0.25, -0.2) is 0 Å². The maximum atomic E-state index is 5.73. The zero-order valence-electron chi connectivity index (χ0n) is 8.77. The summed E-state index contributed by atoms with van der Waals surface area (Å²) in [6.45, 7) is 7.93. The summed E-state index contributed by atoms with van der Waals surface area (Å²) in [5, 5.41) is 0. The van der Waals surface area contributed by atoms with Gasteiger partial charge in [-0.1, -0.05) is 0 Å². The number of fused-ring (bicyclic) bond motifs is 1. The van der Waals surface area contributed by atoms with Crippen molar-refractivity contribution in [3.63, 3.8) is 0 Å². The molecule has 0 amide bonds. The summed E-state index contributed by atoms with van der Waals surface area (Å²) in [5.74, 6) is 0. The molecule has 6 heteroatoms. The van der Waals surface area contributed by atoms with Gasteiger partial charge in [-0.15, -0.1) is 0 Å². The standard InChI is InChI=1S/C8H18NO4P/c1-3-10-14(11-4-2)9(5-7-12-14)6-8-13-14/h3-8H2,1-2H3. The SMILES string of the molecule is CCOP12(OCC)OCCN1CCO2. The summed E-state index contributed by atoms with van der Waals surface area (Å²) in [5.41, 5.74) is 0. The van der Waals surface area contributed by atoms with Crippen molar-refractivity contribution in [1.82, 2.24) is 4.67 Å². The van der Waals surface area contributed by atoms with Crippen molar-refractivity contribution in [2.24, 2.45) is 0 Å². The van der Waals surface area contributed by atoms with Crippen LogP contribution in [0.3, 0.4) is 0 Å². The van der Waals surface area contributed by atoms with Crippen LogP contribution >= 0.6 is 7.66 Å². The molecule has 0 aromatic carbocycles. The van der Waals surface area contributed by atoms with Crippen molar-refractivity contribution < 1.29 is 18.1 Å². The topological polar surface area (TPSA) is 40.2 Å². The summed E-state index contributed by atoms with van der Waals surface area (Å²) in [6, 6.07) is 0. The van der Waals surface area contributed by atoms with Gasteiger partial charge in [-0.05, 0) is 0 Å². The number of hydrogen-bond donors (Lipinski definition) is 0. The van der Waals surface area contributed by atoms with Crippen LogP contribution in [-0.2, 0) is 18.1 Å². The maximum absolute atomic E-state index is 5.73. The van der Waals surface area contributed by atoms with Gasteiger partial charge in [0.2, 0.25) is 0 Å². The van der Waals surface area contributed by atoms with Gasteiger partial charge in [0.25, 0.3) is 0 Å². The van der Waals surface area contributed by atoms with E-state index in [2.05, 4.69) is 4.67 Å². The molecule has 0 radical (unpaired) electrons. The first-order valence-corrected chi connectivity index (χ1v) is 6.99. The van der Waals surface area contributed by atoms with Crippen LogP contribution in [0.4, 0.5) is 0 Å². The first-order chi connectivity index (χ1) is 6.75. The fourth-order valence-corrected chi connectivity index (χ4v) is 5.57. The molecule has 14 heavy (non-hydrogen) atoms. The minimum atomic E-state index is -3.29. The second-order valence-corrected chi connectivity index (χ2v) is 6.38. The Morgan fingerprint density at radius 3 is 2.00 bits per heavy atom. The first kappa shape index (κ1) is 10.7. The summed E-state index contributed by atoms with van der Waals surface area (Å²) in [6.07, 6.45) is 0. The van der Waals surface area contributed by atoms with Crippen molar-refractivity contribution in [3.05, 3.63) is 0 Å². The predicted molar refractivity (Wildman–Crippen MR) is 53.6 cm³/mol. The second kappa shape index (κ2) is 3.67. The zero-order chi connectivity index (χ0) is 10.1. The molecule has 2 rings (SSSR count). The average Bonchev–Trinajstić information content (AvgIpc) is 2.61. The van der Waals surface area contributed by atoms with Gasteiger partial charge in [0.15, 0.2) is 0 Å². The molecule has 0 unspecified atom stereocenters. The molecule has 2 fully saturated rings. The third-order valence-corrected chi connectivity index (χ3v) is 6.40. The summed E-state index contributed by atoms with van der Waals surface area (Å²) in [4.78, 5) is 0. The van der Waals surface area contributed by atoms with Crippen LogP contribution in [0.5, 0.6) is 0 Å². The van der Waals surface area contributed by atoms with E-state index in [0.717, 1.165) is 13.1 Å². The molecular weight excluding hydrogens is 205 g/mol. The van der Waals surface area contributed by atoms with E-state index in [1.165, 1.54) is 0 Å². The van der Waals surface area contributed by atoms with E-state index in [4.69, 9.17) is 18.1 Å². The summed E-state index contributed by atoms with van der Waals surface area (Å²) in [7, 11) is -3.29. The Hall–Kier alpha value is 0.230. The Morgan fingerprint density at radius 1 is 1.07 bits per heavy atom. The molecular formula is C8H18NO4P. The van der Waals surface area contributed by atoms with E-state index in [1.807, 2.05) is 13.8 Å². The van der Waals surface area contributed by atoms with E-state index in [9.17, 15) is 0 Å². The van der Waals surface area contributed by atoms with Gasteiger partial charge >= 0.3 is 83.8 Å². The molecule has 0 aromatic heterocycles. The normalized spacial score (nSPS) is 32.3. The zero-order valence-corrected chi connectivity index (χ0v) is 9.66. The third-order valence-electron chi connectivity index (χ3n) is 2.46. The van der Waals surface area contributed by atoms with Crippen LogP contribution in [0.2, 0.25) is 0 Å². The molecule has 5 nitrogen and oxygen atoms in total. The third kappa shape index (κ3) is 1.32. The van der Waals surface area contributed by atoms with E-state index in [1.54, 1.807) is 0 Å². The Labute approximate surface area is 84.6 Å². The molecule has 0 bridgehead atoms. The second-order valence-electron chi connectivity index (χ2n) is 3.23. The van der Waals surface area contributed by atoms with Crippen molar-refractivity contribution >= 4 is 7.66 Å². The Morgan fingerprint density at radius 2 is 1.57 bits per heavy atom. The molecule has 0 spiro atoms. The molecule has 0 aromatic rings. The van der Waals surface area contributed by atoms with Gasteiger partial charge in [0.05, 0.1) is 0 Å². The molecule has 0 N–H and O–H groups in total. The van der Waals surface area contributed by atoms with E-state index < -0.39 is 7.66 Å². The summed E-state index contributed by atoms with van der Waals surface area (Å²) >= 11 is 0. The average molecular weight is 223 g/mol. The molecule has 84 valence electrons. The monoisotopic (exact) mass is 223 g/mol. The fourth-order valence-electron chi connectivity index (χ4n) is 2.02. The van der Waals surface area contributed by atoms with Crippen LogP contribution < -0.4 is 0 Å². The fraction of sp³-hybridized carbons (Fsp3) is 1.00. The van der Waals surface area contributed by atoms with Crippen molar-refractivity contribution in [2.75, 3.05) is 39.5 Å². The Kier molecular flexibility index (Phi) is 2.81. The summed E-state index contributed by atoms with van der Waals surface area (Å²) < 4.78 is 25.0. The molecule has 2 aliphatic heterocycles. The molecule has 0 aliphatic carbocycles. The van der Waals surface area contributed by atoms with Gasteiger partial charge in [0, 0.05) is 0 Å². The van der Waals surface area contributed by atoms with Gasteiger partial charge in [0.1, 0.15) is 0 Å². The first-order valence-electron chi connectivity index (χ1n) is 5.13. The van der Waals surface area contributed by atoms with Crippen LogP contribution in [0.25, 0.3) is 0 Å². The Bertz CT molecular complexity index is 205. The van der Waals surface area contributed by atoms with Crippen molar-refractivity contribution in [3.8, 4) is 0 Å². The van der Waals surface area contributed by atoms with Gasteiger partial charge in [-0.3, -0.25) is 0 Å². The van der Waals surface area contributed by atoms with E-state index in [-0.39, 0.29) is 0 Å². The van der Waals surface area contributed by atoms with Crippen LogP contribution in [0.15, 0.2) is 0 Å². The minimum absolute atomic E-state index is 0.550. The van der Waals surface area contributed by atoms with E-state index in [0.29, 0.717) is 26.4 Å². The van der Waals surface area contributed by atoms with E-state index >= 15 is 0 Å². The van der Waals surface area contributed by atoms with Crippen molar-refractivity contribution in [2.45, 2.75) is 13.8 Å². The predicted octanol–water partition coefficient (Wildman–Crippen LogP) is 1.55. The van der Waals surface area contributed by atoms with Crippen LogP contribution in [0, 0.1) is 0 Å². The number of rotatable bonds is 4. The van der Waals surface area contributed by atoms with Crippen molar-refractivity contribution in [1.29, 1.82) is 0 Å².